The van der Waals surface area contributed by atoms with Gasteiger partial charge in [-0.05, 0) is 6.92 Å². The average Bonchev–Trinajstić information content (AvgIpc) is 2.44. The summed E-state index contributed by atoms with van der Waals surface area (Å²) in [5.41, 5.74) is -0.0725. The third-order valence-corrected chi connectivity index (χ3v) is 3.01. The second-order valence-corrected chi connectivity index (χ2v) is 4.84. The van der Waals surface area contributed by atoms with Gasteiger partial charge in [-0.2, -0.15) is 0 Å². The SMILES string of the molecule is COCCC(C)(O)CNCc1nccc(OC)c1OC. The highest BCUT2D eigenvalue weighted by atomic mass is 16.5. The number of aliphatic hydroxyl groups is 1. The summed E-state index contributed by atoms with van der Waals surface area (Å²) in [5.74, 6) is 1.25. The van der Waals surface area contributed by atoms with Crippen LogP contribution in [0.15, 0.2) is 12.3 Å². The van der Waals surface area contributed by atoms with Crippen molar-refractivity contribution in [3.63, 3.8) is 0 Å². The molecule has 0 bridgehead atoms. The molecule has 1 aromatic rings. The zero-order valence-electron chi connectivity index (χ0n) is 12.6. The quantitative estimate of drug-likeness (QED) is 0.704. The average molecular weight is 284 g/mol. The van der Waals surface area contributed by atoms with Gasteiger partial charge in [-0.25, -0.2) is 0 Å². The summed E-state index contributed by atoms with van der Waals surface area (Å²) < 4.78 is 15.5. The topological polar surface area (TPSA) is 72.8 Å². The molecule has 0 aliphatic carbocycles. The van der Waals surface area contributed by atoms with Crippen molar-refractivity contribution < 1.29 is 19.3 Å². The zero-order chi connectivity index (χ0) is 15.0. The smallest absolute Gasteiger partial charge is 0.183 e. The van der Waals surface area contributed by atoms with E-state index in [0.717, 1.165) is 5.69 Å². The van der Waals surface area contributed by atoms with Crippen molar-refractivity contribution in [2.45, 2.75) is 25.5 Å². The van der Waals surface area contributed by atoms with Gasteiger partial charge in [0.2, 0.25) is 0 Å². The maximum Gasteiger partial charge on any atom is 0.183 e. The first kappa shape index (κ1) is 16.7. The van der Waals surface area contributed by atoms with E-state index in [-0.39, 0.29) is 0 Å². The van der Waals surface area contributed by atoms with E-state index in [1.807, 2.05) is 0 Å². The van der Waals surface area contributed by atoms with Gasteiger partial charge in [0.1, 0.15) is 0 Å². The van der Waals surface area contributed by atoms with Crippen molar-refractivity contribution in [2.75, 3.05) is 34.5 Å². The van der Waals surface area contributed by atoms with Crippen LogP contribution in [0.4, 0.5) is 0 Å². The monoisotopic (exact) mass is 284 g/mol. The van der Waals surface area contributed by atoms with Crippen LogP contribution in [-0.2, 0) is 11.3 Å². The van der Waals surface area contributed by atoms with Crippen LogP contribution >= 0.6 is 0 Å². The molecule has 1 aromatic heterocycles. The molecule has 20 heavy (non-hydrogen) atoms. The first-order valence-electron chi connectivity index (χ1n) is 6.52. The maximum atomic E-state index is 10.1. The molecule has 1 atom stereocenters. The van der Waals surface area contributed by atoms with Crippen LogP contribution in [0.25, 0.3) is 0 Å². The standard InChI is InChI=1S/C14H24N2O4/c1-14(17,6-8-18-2)10-15-9-11-13(20-4)12(19-3)5-7-16-11/h5,7,15,17H,6,8-10H2,1-4H3. The highest BCUT2D eigenvalue weighted by molar-refractivity contribution is 5.42. The first-order chi connectivity index (χ1) is 9.54. The van der Waals surface area contributed by atoms with Crippen molar-refractivity contribution in [3.8, 4) is 11.5 Å². The number of aromatic nitrogens is 1. The lowest BCUT2D eigenvalue weighted by molar-refractivity contribution is 0.0246. The molecular formula is C14H24N2O4. The van der Waals surface area contributed by atoms with E-state index in [1.165, 1.54) is 0 Å². The fourth-order valence-corrected chi connectivity index (χ4v) is 1.84. The molecule has 0 aliphatic rings. The fraction of sp³-hybridized carbons (Fsp3) is 0.643. The number of hydrogen-bond donors (Lipinski definition) is 2. The normalized spacial score (nSPS) is 13.8. The summed E-state index contributed by atoms with van der Waals surface area (Å²) in [6, 6.07) is 1.75. The van der Waals surface area contributed by atoms with Crippen molar-refractivity contribution in [2.24, 2.45) is 0 Å². The number of methoxy groups -OCH3 is 3. The predicted octanol–water partition coefficient (Wildman–Crippen LogP) is 0.976. The molecule has 0 spiro atoms. The van der Waals surface area contributed by atoms with Gasteiger partial charge in [0.25, 0.3) is 0 Å². The molecule has 0 radical (unpaired) electrons. The lowest BCUT2D eigenvalue weighted by Gasteiger charge is -2.23. The number of hydrogen-bond acceptors (Lipinski definition) is 6. The highest BCUT2D eigenvalue weighted by Gasteiger charge is 2.20. The van der Waals surface area contributed by atoms with Crippen molar-refractivity contribution >= 4 is 0 Å². The predicted molar refractivity (Wildman–Crippen MR) is 76.2 cm³/mol. The molecule has 0 amide bonds. The van der Waals surface area contributed by atoms with E-state index in [0.29, 0.717) is 37.6 Å². The molecule has 6 nitrogen and oxygen atoms in total. The summed E-state index contributed by atoms with van der Waals surface area (Å²) in [6.45, 7) is 3.23. The van der Waals surface area contributed by atoms with Crippen molar-refractivity contribution in [1.29, 1.82) is 0 Å². The summed E-state index contributed by atoms with van der Waals surface area (Å²) in [5, 5.41) is 13.3. The zero-order valence-corrected chi connectivity index (χ0v) is 12.6. The minimum absolute atomic E-state index is 0.443. The lowest BCUT2D eigenvalue weighted by atomic mass is 10.0. The number of pyridine rings is 1. The number of nitrogens with one attached hydrogen (secondary N) is 1. The Morgan fingerprint density at radius 3 is 2.65 bits per heavy atom. The molecule has 1 heterocycles. The van der Waals surface area contributed by atoms with Crippen molar-refractivity contribution in [3.05, 3.63) is 18.0 Å². The van der Waals surface area contributed by atoms with E-state index in [2.05, 4.69) is 10.3 Å². The third kappa shape index (κ3) is 4.96. The Morgan fingerprint density at radius 2 is 2.05 bits per heavy atom. The Hall–Kier alpha value is -1.37. The summed E-state index contributed by atoms with van der Waals surface area (Å²) in [4.78, 5) is 4.27. The van der Waals surface area contributed by atoms with Gasteiger partial charge in [-0.15, -0.1) is 0 Å². The summed E-state index contributed by atoms with van der Waals surface area (Å²) >= 11 is 0. The third-order valence-electron chi connectivity index (χ3n) is 3.01. The number of ether oxygens (including phenoxy) is 3. The molecule has 0 aromatic carbocycles. The molecule has 1 unspecified atom stereocenters. The van der Waals surface area contributed by atoms with Crippen LogP contribution < -0.4 is 14.8 Å². The molecule has 1 rings (SSSR count). The molecule has 0 aliphatic heterocycles. The maximum absolute atomic E-state index is 10.1. The van der Waals surface area contributed by atoms with Gasteiger partial charge in [0.15, 0.2) is 11.5 Å². The molecule has 6 heteroatoms. The second-order valence-electron chi connectivity index (χ2n) is 4.84. The minimum atomic E-state index is -0.817. The molecular weight excluding hydrogens is 260 g/mol. The first-order valence-corrected chi connectivity index (χ1v) is 6.52. The fourth-order valence-electron chi connectivity index (χ4n) is 1.84. The summed E-state index contributed by atoms with van der Waals surface area (Å²) in [6.07, 6.45) is 2.24. The minimum Gasteiger partial charge on any atom is -0.493 e. The van der Waals surface area contributed by atoms with Gasteiger partial charge in [0.05, 0.1) is 25.5 Å². The molecule has 114 valence electrons. The van der Waals surface area contributed by atoms with Gasteiger partial charge < -0.3 is 24.6 Å². The Balaban J connectivity index is 2.57. The van der Waals surface area contributed by atoms with Gasteiger partial charge in [0, 0.05) is 45.5 Å². The Labute approximate surface area is 120 Å². The van der Waals surface area contributed by atoms with Crippen molar-refractivity contribution in [1.82, 2.24) is 10.3 Å². The van der Waals surface area contributed by atoms with Gasteiger partial charge in [-0.3, -0.25) is 4.98 Å². The van der Waals surface area contributed by atoms with Crippen LogP contribution in [-0.4, -0.2) is 50.2 Å². The Morgan fingerprint density at radius 1 is 1.30 bits per heavy atom. The largest absolute Gasteiger partial charge is 0.493 e. The van der Waals surface area contributed by atoms with Crippen LogP contribution in [0.2, 0.25) is 0 Å². The molecule has 0 saturated carbocycles. The van der Waals surface area contributed by atoms with E-state index in [1.54, 1.807) is 40.5 Å². The van der Waals surface area contributed by atoms with Crippen LogP contribution in [0.3, 0.4) is 0 Å². The van der Waals surface area contributed by atoms with Gasteiger partial charge >= 0.3 is 0 Å². The van der Waals surface area contributed by atoms with Gasteiger partial charge in [-0.1, -0.05) is 0 Å². The Kier molecular flexibility index (Phi) is 6.70. The summed E-state index contributed by atoms with van der Waals surface area (Å²) in [7, 11) is 4.79. The van der Waals surface area contributed by atoms with E-state index in [9.17, 15) is 5.11 Å². The Bertz CT molecular complexity index is 410. The van der Waals surface area contributed by atoms with Crippen LogP contribution in [0, 0.1) is 0 Å². The van der Waals surface area contributed by atoms with Crippen LogP contribution in [0.5, 0.6) is 11.5 Å². The van der Waals surface area contributed by atoms with E-state index >= 15 is 0 Å². The van der Waals surface area contributed by atoms with E-state index in [4.69, 9.17) is 14.2 Å². The molecule has 0 fully saturated rings. The highest BCUT2D eigenvalue weighted by Crippen LogP contribution is 2.28. The van der Waals surface area contributed by atoms with Crippen LogP contribution in [0.1, 0.15) is 19.0 Å². The van der Waals surface area contributed by atoms with E-state index < -0.39 is 5.60 Å². The molecule has 2 N–H and O–H groups in total. The number of nitrogens with zero attached hydrogens (tertiary/aromatic N) is 1. The number of rotatable bonds is 9. The second kappa shape index (κ2) is 8.04. The molecule has 0 saturated heterocycles. The lowest BCUT2D eigenvalue weighted by Crippen LogP contribution is -2.38.